The molecule has 1 saturated carbocycles. The number of nitrogens with zero attached hydrogens (tertiary/aromatic N) is 2. The van der Waals surface area contributed by atoms with Crippen molar-refractivity contribution in [3.05, 3.63) is 71.5 Å². The van der Waals surface area contributed by atoms with Gasteiger partial charge in [0, 0.05) is 24.4 Å². The van der Waals surface area contributed by atoms with Crippen LogP contribution in [0.3, 0.4) is 0 Å². The van der Waals surface area contributed by atoms with Crippen molar-refractivity contribution in [1.82, 2.24) is 9.78 Å². The lowest BCUT2D eigenvalue weighted by Crippen LogP contribution is -2.17. The van der Waals surface area contributed by atoms with Gasteiger partial charge in [-0.05, 0) is 55.3 Å². The van der Waals surface area contributed by atoms with Gasteiger partial charge < -0.3 is 15.4 Å². The van der Waals surface area contributed by atoms with E-state index in [1.807, 2.05) is 0 Å². The van der Waals surface area contributed by atoms with Crippen molar-refractivity contribution in [2.45, 2.75) is 24.9 Å². The predicted molar refractivity (Wildman–Crippen MR) is 115 cm³/mol. The highest BCUT2D eigenvalue weighted by molar-refractivity contribution is 6.05. The number of halogens is 3. The number of ether oxygens (including phenoxy) is 1. The van der Waals surface area contributed by atoms with Gasteiger partial charge in [-0.15, -0.1) is 0 Å². The van der Waals surface area contributed by atoms with Gasteiger partial charge in [-0.1, -0.05) is 6.07 Å². The molecule has 2 aromatic carbocycles. The van der Waals surface area contributed by atoms with E-state index in [4.69, 9.17) is 4.74 Å². The third-order valence-electron chi connectivity index (χ3n) is 5.14. The first kappa shape index (κ1) is 22.5. The molecule has 2 N–H and O–H groups in total. The molecule has 0 aliphatic heterocycles. The van der Waals surface area contributed by atoms with Crippen molar-refractivity contribution < 1.29 is 27.5 Å². The summed E-state index contributed by atoms with van der Waals surface area (Å²) in [5.74, 6) is -0.655. The number of carbonyl (C=O) groups is 2. The number of aromatic nitrogens is 2. The van der Waals surface area contributed by atoms with E-state index in [1.54, 1.807) is 24.3 Å². The topological polar surface area (TPSA) is 85.2 Å². The monoisotopic (exact) mass is 458 g/mol. The fourth-order valence-electron chi connectivity index (χ4n) is 3.47. The molecule has 7 nitrogen and oxygen atoms in total. The molecule has 2 amide bonds. The third kappa shape index (κ3) is 5.23. The minimum absolute atomic E-state index is 0.0566. The second-order valence-corrected chi connectivity index (χ2v) is 7.69. The zero-order chi connectivity index (χ0) is 23.6. The highest BCUT2D eigenvalue weighted by atomic mass is 19.4. The standard InChI is InChI=1S/C23H21F3N4O3/c1-33-13-20(31)28-16-7-9-17(10-8-16)29-22(32)19-12-27-30(21(19)14-5-6-14)18-4-2-3-15(11-18)23(24,25)26/h2-4,7-12,14H,5-6,13H2,1H3,(H,28,31)(H,29,32). The van der Waals surface area contributed by atoms with Gasteiger partial charge in [0.2, 0.25) is 5.91 Å². The lowest BCUT2D eigenvalue weighted by Gasteiger charge is -2.12. The average Bonchev–Trinajstić information content (AvgIpc) is 3.52. The first-order chi connectivity index (χ1) is 15.8. The van der Waals surface area contributed by atoms with Crippen LogP contribution in [0.4, 0.5) is 24.5 Å². The van der Waals surface area contributed by atoms with Crippen molar-refractivity contribution in [3.63, 3.8) is 0 Å². The van der Waals surface area contributed by atoms with Crippen LogP contribution in [0.2, 0.25) is 0 Å². The van der Waals surface area contributed by atoms with Crippen molar-refractivity contribution in [2.24, 2.45) is 0 Å². The summed E-state index contributed by atoms with van der Waals surface area (Å²) in [6.07, 6.45) is -1.43. The Morgan fingerprint density at radius 2 is 1.76 bits per heavy atom. The number of nitrogens with one attached hydrogen (secondary N) is 2. The van der Waals surface area contributed by atoms with Crippen molar-refractivity contribution in [2.75, 3.05) is 24.4 Å². The normalized spacial score (nSPS) is 13.6. The van der Waals surface area contributed by atoms with Gasteiger partial charge in [0.1, 0.15) is 6.61 Å². The zero-order valence-corrected chi connectivity index (χ0v) is 17.6. The fraction of sp³-hybridized carbons (Fsp3) is 0.261. The second kappa shape index (κ2) is 9.07. The summed E-state index contributed by atoms with van der Waals surface area (Å²) in [6, 6.07) is 11.4. The minimum Gasteiger partial charge on any atom is -0.375 e. The van der Waals surface area contributed by atoms with Crippen LogP contribution in [0, 0.1) is 0 Å². The molecule has 0 radical (unpaired) electrons. The van der Waals surface area contributed by atoms with Crippen LogP contribution in [-0.4, -0.2) is 35.3 Å². The van der Waals surface area contributed by atoms with Crippen molar-refractivity contribution in [1.29, 1.82) is 0 Å². The molecular weight excluding hydrogens is 437 g/mol. The Hall–Kier alpha value is -3.66. The lowest BCUT2D eigenvalue weighted by molar-refractivity contribution is -0.137. The number of methoxy groups -OCH3 is 1. The van der Waals surface area contributed by atoms with Crippen LogP contribution >= 0.6 is 0 Å². The van der Waals surface area contributed by atoms with E-state index in [2.05, 4.69) is 15.7 Å². The van der Waals surface area contributed by atoms with E-state index < -0.39 is 17.6 Å². The summed E-state index contributed by atoms with van der Waals surface area (Å²) in [4.78, 5) is 24.5. The van der Waals surface area contributed by atoms with E-state index in [9.17, 15) is 22.8 Å². The molecule has 0 bridgehead atoms. The SMILES string of the molecule is COCC(=O)Nc1ccc(NC(=O)c2cnn(-c3cccc(C(F)(F)F)c3)c2C2CC2)cc1. The summed E-state index contributed by atoms with van der Waals surface area (Å²) in [6.45, 7) is -0.0711. The molecule has 0 unspecified atom stereocenters. The summed E-state index contributed by atoms with van der Waals surface area (Å²) < 4.78 is 45.6. The molecule has 10 heteroatoms. The van der Waals surface area contributed by atoms with Gasteiger partial charge in [-0.25, -0.2) is 4.68 Å². The van der Waals surface area contributed by atoms with E-state index in [1.165, 1.54) is 30.1 Å². The number of alkyl halides is 3. The Bertz CT molecular complexity index is 1170. The third-order valence-corrected chi connectivity index (χ3v) is 5.14. The minimum atomic E-state index is -4.47. The maximum Gasteiger partial charge on any atom is 0.416 e. The van der Waals surface area contributed by atoms with Crippen LogP contribution in [0.5, 0.6) is 0 Å². The maximum atomic E-state index is 13.1. The Morgan fingerprint density at radius 1 is 1.09 bits per heavy atom. The number of rotatable bonds is 7. The summed E-state index contributed by atoms with van der Waals surface area (Å²) in [5.41, 5.74) is 1.43. The van der Waals surface area contributed by atoms with E-state index in [0.717, 1.165) is 25.0 Å². The summed E-state index contributed by atoms with van der Waals surface area (Å²) in [7, 11) is 1.42. The molecule has 172 valence electrons. The smallest absolute Gasteiger partial charge is 0.375 e. The van der Waals surface area contributed by atoms with Gasteiger partial charge in [0.25, 0.3) is 5.91 Å². The Morgan fingerprint density at radius 3 is 2.36 bits per heavy atom. The van der Waals surface area contributed by atoms with Crippen LogP contribution < -0.4 is 10.6 Å². The quantitative estimate of drug-likeness (QED) is 0.542. The van der Waals surface area contributed by atoms with E-state index in [-0.39, 0.29) is 24.1 Å². The predicted octanol–water partition coefficient (Wildman–Crippen LogP) is 4.61. The first-order valence-corrected chi connectivity index (χ1v) is 10.2. The first-order valence-electron chi connectivity index (χ1n) is 10.2. The molecule has 0 spiro atoms. The molecule has 0 saturated heterocycles. The molecule has 1 aliphatic carbocycles. The van der Waals surface area contributed by atoms with Crippen LogP contribution in [0.25, 0.3) is 5.69 Å². The molecule has 1 aliphatic rings. The van der Waals surface area contributed by atoms with Gasteiger partial charge in [0.05, 0.1) is 28.7 Å². The summed E-state index contributed by atoms with van der Waals surface area (Å²) >= 11 is 0. The second-order valence-electron chi connectivity index (χ2n) is 7.69. The molecule has 0 atom stereocenters. The molecular formula is C23H21F3N4O3. The number of amides is 2. The molecule has 1 aromatic heterocycles. The zero-order valence-electron chi connectivity index (χ0n) is 17.6. The molecule has 1 heterocycles. The Kier molecular flexibility index (Phi) is 6.19. The van der Waals surface area contributed by atoms with Gasteiger partial charge in [-0.3, -0.25) is 9.59 Å². The largest absolute Gasteiger partial charge is 0.416 e. The van der Waals surface area contributed by atoms with Crippen molar-refractivity contribution in [3.8, 4) is 5.69 Å². The lowest BCUT2D eigenvalue weighted by atomic mass is 10.1. The highest BCUT2D eigenvalue weighted by Gasteiger charge is 2.34. The Balaban J connectivity index is 1.55. The average molecular weight is 458 g/mol. The molecule has 3 aromatic rings. The van der Waals surface area contributed by atoms with Crippen LogP contribution in [-0.2, 0) is 15.7 Å². The van der Waals surface area contributed by atoms with Gasteiger partial charge in [-0.2, -0.15) is 18.3 Å². The highest BCUT2D eigenvalue weighted by Crippen LogP contribution is 2.43. The fourth-order valence-corrected chi connectivity index (χ4v) is 3.47. The van der Waals surface area contributed by atoms with Crippen LogP contribution in [0.1, 0.15) is 40.4 Å². The number of carbonyl (C=O) groups excluding carboxylic acids is 2. The summed E-state index contributed by atoms with van der Waals surface area (Å²) in [5, 5.41) is 9.66. The number of hydrogen-bond acceptors (Lipinski definition) is 4. The van der Waals surface area contributed by atoms with Crippen molar-refractivity contribution >= 4 is 23.2 Å². The number of anilines is 2. The number of hydrogen-bond donors (Lipinski definition) is 2. The number of benzene rings is 2. The molecule has 1 fully saturated rings. The van der Waals surface area contributed by atoms with Gasteiger partial charge >= 0.3 is 6.18 Å². The Labute approximate surface area is 187 Å². The van der Waals surface area contributed by atoms with E-state index in [0.29, 0.717) is 22.6 Å². The molecule has 33 heavy (non-hydrogen) atoms. The van der Waals surface area contributed by atoms with Gasteiger partial charge in [0.15, 0.2) is 0 Å². The van der Waals surface area contributed by atoms with E-state index >= 15 is 0 Å². The van der Waals surface area contributed by atoms with Crippen LogP contribution in [0.15, 0.2) is 54.7 Å². The maximum absolute atomic E-state index is 13.1. The molecule has 4 rings (SSSR count).